The van der Waals surface area contributed by atoms with E-state index in [0.717, 1.165) is 23.4 Å². The largest absolute Gasteiger partial charge is 0.363 e. The lowest BCUT2D eigenvalue weighted by molar-refractivity contribution is 0.338. The molecule has 0 radical (unpaired) electrons. The summed E-state index contributed by atoms with van der Waals surface area (Å²) in [6, 6.07) is 27.9. The van der Waals surface area contributed by atoms with Gasteiger partial charge in [-0.3, -0.25) is 4.99 Å². The first-order valence-corrected chi connectivity index (χ1v) is 14.9. The van der Waals surface area contributed by atoms with E-state index in [1.165, 1.54) is 65.7 Å². The highest BCUT2D eigenvalue weighted by molar-refractivity contribution is 8.00. The zero-order valence-electron chi connectivity index (χ0n) is 21.6. The van der Waals surface area contributed by atoms with Crippen LogP contribution in [0.25, 0.3) is 11.1 Å². The van der Waals surface area contributed by atoms with Crippen LogP contribution < -0.4 is 5.32 Å². The van der Waals surface area contributed by atoms with Crippen molar-refractivity contribution in [1.29, 1.82) is 0 Å². The zero-order valence-corrected chi connectivity index (χ0v) is 22.4. The lowest BCUT2D eigenvalue weighted by atomic mass is 9.83. The maximum absolute atomic E-state index is 5.27. The third-order valence-corrected chi connectivity index (χ3v) is 10.3. The first kappa shape index (κ1) is 23.9. The van der Waals surface area contributed by atoms with Gasteiger partial charge in [0, 0.05) is 15.7 Å². The fourth-order valence-electron chi connectivity index (χ4n) is 6.62. The minimum absolute atomic E-state index is 0.307. The van der Waals surface area contributed by atoms with Gasteiger partial charge in [0.2, 0.25) is 0 Å². The van der Waals surface area contributed by atoms with E-state index in [1.54, 1.807) is 5.56 Å². The van der Waals surface area contributed by atoms with E-state index in [2.05, 4.69) is 104 Å². The molecule has 0 saturated heterocycles. The second-order valence-electron chi connectivity index (χ2n) is 10.8. The molecular formula is C33H38N2S. The molecule has 0 spiro atoms. The minimum Gasteiger partial charge on any atom is -0.363 e. The average molecular weight is 495 g/mol. The van der Waals surface area contributed by atoms with Crippen LogP contribution in [0.15, 0.2) is 82.7 Å². The van der Waals surface area contributed by atoms with Crippen LogP contribution in [0.2, 0.25) is 0 Å². The van der Waals surface area contributed by atoms with Crippen LogP contribution in [0.1, 0.15) is 87.4 Å². The lowest BCUT2D eigenvalue weighted by Gasteiger charge is -2.34. The molecule has 1 saturated carbocycles. The van der Waals surface area contributed by atoms with E-state index in [4.69, 9.17) is 4.99 Å². The van der Waals surface area contributed by atoms with Gasteiger partial charge in [-0.1, -0.05) is 100 Å². The Morgan fingerprint density at radius 2 is 1.58 bits per heavy atom. The quantitative estimate of drug-likeness (QED) is 0.370. The molecule has 4 atom stereocenters. The molecule has 3 unspecified atom stereocenters. The summed E-state index contributed by atoms with van der Waals surface area (Å²) in [7, 11) is 0. The molecule has 3 aromatic rings. The van der Waals surface area contributed by atoms with Crippen LogP contribution in [0.3, 0.4) is 0 Å². The van der Waals surface area contributed by atoms with Gasteiger partial charge >= 0.3 is 0 Å². The van der Waals surface area contributed by atoms with Gasteiger partial charge in [0.1, 0.15) is 5.84 Å². The molecule has 3 aliphatic rings. The minimum atomic E-state index is 0.307. The van der Waals surface area contributed by atoms with Gasteiger partial charge in [-0.05, 0) is 65.5 Å². The van der Waals surface area contributed by atoms with E-state index in [1.807, 2.05) is 0 Å². The summed E-state index contributed by atoms with van der Waals surface area (Å²) in [5.41, 5.74) is 6.80. The van der Waals surface area contributed by atoms with Gasteiger partial charge in [-0.15, -0.1) is 11.8 Å². The first-order chi connectivity index (χ1) is 17.7. The average Bonchev–Trinajstić information content (AvgIpc) is 3.32. The molecule has 0 amide bonds. The topological polar surface area (TPSA) is 24.4 Å². The summed E-state index contributed by atoms with van der Waals surface area (Å²) in [6.45, 7) is 4.62. The third-order valence-electron chi connectivity index (χ3n) is 8.76. The van der Waals surface area contributed by atoms with Crippen molar-refractivity contribution < 1.29 is 0 Å². The van der Waals surface area contributed by atoms with Crippen molar-refractivity contribution in [3.63, 3.8) is 0 Å². The molecule has 1 N–H and O–H groups in total. The van der Waals surface area contributed by atoms with Gasteiger partial charge in [-0.25, -0.2) is 0 Å². The number of nitrogens with zero attached hydrogens (tertiary/aromatic N) is 1. The third kappa shape index (κ3) is 4.63. The molecule has 1 fully saturated rings. The maximum atomic E-state index is 5.27. The maximum Gasteiger partial charge on any atom is 0.129 e. The van der Waals surface area contributed by atoms with Crippen molar-refractivity contribution in [3.05, 3.63) is 89.5 Å². The molecule has 36 heavy (non-hydrogen) atoms. The Morgan fingerprint density at radius 3 is 2.36 bits per heavy atom. The van der Waals surface area contributed by atoms with Crippen molar-refractivity contribution in [2.24, 2.45) is 10.9 Å². The zero-order chi connectivity index (χ0) is 24.5. The van der Waals surface area contributed by atoms with E-state index in [0.29, 0.717) is 18.0 Å². The Balaban J connectivity index is 1.27. The monoisotopic (exact) mass is 494 g/mol. The van der Waals surface area contributed by atoms with Crippen molar-refractivity contribution >= 4 is 17.6 Å². The first-order valence-electron chi connectivity index (χ1n) is 14.0. The van der Waals surface area contributed by atoms with E-state index in [-0.39, 0.29) is 0 Å². The molecule has 3 aromatic carbocycles. The number of fused-ring (bicyclic) bond motifs is 3. The molecule has 3 heteroatoms. The molecular weight excluding hydrogens is 456 g/mol. The summed E-state index contributed by atoms with van der Waals surface area (Å²) in [5, 5.41) is 4.60. The van der Waals surface area contributed by atoms with Crippen molar-refractivity contribution in [1.82, 2.24) is 5.32 Å². The molecule has 2 nitrogen and oxygen atoms in total. The summed E-state index contributed by atoms with van der Waals surface area (Å²) in [5.74, 6) is 2.44. The molecule has 1 aliphatic carbocycles. The van der Waals surface area contributed by atoms with Crippen LogP contribution in [0.5, 0.6) is 0 Å². The predicted octanol–water partition coefficient (Wildman–Crippen LogP) is 8.77. The van der Waals surface area contributed by atoms with E-state index < -0.39 is 0 Å². The Labute approximate surface area is 221 Å². The van der Waals surface area contributed by atoms with Crippen molar-refractivity contribution in [3.8, 4) is 11.1 Å². The number of benzene rings is 3. The summed E-state index contributed by atoms with van der Waals surface area (Å²) in [6.07, 6.45) is 8.94. The fraction of sp³-hybridized carbons (Fsp3) is 0.424. The van der Waals surface area contributed by atoms with Crippen LogP contribution in [0, 0.1) is 5.92 Å². The fourth-order valence-corrected chi connectivity index (χ4v) is 8.17. The molecule has 2 heterocycles. The van der Waals surface area contributed by atoms with Crippen molar-refractivity contribution in [2.45, 2.75) is 86.9 Å². The Hall–Kier alpha value is -2.52. The van der Waals surface area contributed by atoms with Crippen LogP contribution >= 0.6 is 11.8 Å². The number of aliphatic imine (C=N–C) groups is 1. The second-order valence-corrected chi connectivity index (χ2v) is 12.1. The van der Waals surface area contributed by atoms with Crippen LogP contribution in [-0.4, -0.2) is 17.1 Å². The molecule has 2 aliphatic heterocycles. The van der Waals surface area contributed by atoms with E-state index in [9.17, 15) is 0 Å². The highest BCUT2D eigenvalue weighted by Gasteiger charge is 2.35. The van der Waals surface area contributed by atoms with Crippen LogP contribution in [0.4, 0.5) is 0 Å². The highest BCUT2D eigenvalue weighted by atomic mass is 32.2. The smallest absolute Gasteiger partial charge is 0.129 e. The number of hydrogen-bond donors (Lipinski definition) is 1. The number of rotatable bonds is 6. The molecule has 186 valence electrons. The lowest BCUT2D eigenvalue weighted by Crippen LogP contribution is -2.39. The Kier molecular flexibility index (Phi) is 6.93. The standard InChI is InChI=1S/C33H38N2S/c1-3-22(4-2)29-21-30(24-10-6-5-7-11-24)35-33(34-29)25-16-14-23(15-17-25)26-18-19-32-28(20-26)27-12-8-9-13-31(27)36-32/h5-7,10-11,14-20,22,27,29-31H,3-4,8-9,12-13,21H2,1-2H3,(H,34,35)/t27?,29-,30?,31?/m1/s1. The van der Waals surface area contributed by atoms with Crippen molar-refractivity contribution in [2.75, 3.05) is 0 Å². The molecule has 6 rings (SSSR count). The molecule has 0 bridgehead atoms. The Bertz CT molecular complexity index is 1210. The molecule has 0 aromatic heterocycles. The summed E-state index contributed by atoms with van der Waals surface area (Å²) >= 11 is 2.13. The van der Waals surface area contributed by atoms with Gasteiger partial charge in [0.15, 0.2) is 0 Å². The summed E-state index contributed by atoms with van der Waals surface area (Å²) < 4.78 is 0. The van der Waals surface area contributed by atoms with Crippen LogP contribution in [-0.2, 0) is 0 Å². The SMILES string of the molecule is CCC(CC)[C@H]1CC(c2ccccc2)NC(c2ccc(-c3ccc4c(c3)C3CCCCC3S4)cc2)=N1. The highest BCUT2D eigenvalue weighted by Crippen LogP contribution is 2.52. The summed E-state index contributed by atoms with van der Waals surface area (Å²) in [4.78, 5) is 6.79. The van der Waals surface area contributed by atoms with Gasteiger partial charge in [0.05, 0.1) is 12.1 Å². The second kappa shape index (κ2) is 10.5. The van der Waals surface area contributed by atoms with E-state index >= 15 is 0 Å². The number of nitrogens with one attached hydrogen (secondary N) is 1. The van der Waals surface area contributed by atoms with Gasteiger partial charge in [0.25, 0.3) is 0 Å². The predicted molar refractivity (Wildman–Crippen MR) is 154 cm³/mol. The normalized spacial score (nSPS) is 25.1. The Morgan fingerprint density at radius 1 is 0.861 bits per heavy atom. The van der Waals surface area contributed by atoms with Gasteiger partial charge < -0.3 is 5.32 Å². The number of hydrogen-bond acceptors (Lipinski definition) is 3. The number of thioether (sulfide) groups is 1. The van der Waals surface area contributed by atoms with Gasteiger partial charge in [-0.2, -0.15) is 0 Å². The number of amidine groups is 1.